The molecule has 1 aromatic rings. The SMILES string of the molecule is CC(C)(C)N1CCC(C(=O)O)CC1.CC(C)(C)N1CCC(CN2CCOCC2)CC1.CC(C)C.CC1(C(=O)O)CCN(C(C)(C)C)CC1.CN(CC1CCC(=O)O1)C1CCN(C(C)(C)C)CC1.CN1CCN(C2CCN(C(C)(C)C)CC2)CC1.COC(=O)CCN(C)C1CCN(C(C)(C)C)CC1.CSc1ccc(CNCCC(C)(C)C)cc1.O=C1CC(N2CCNCC2)CCO1. The third kappa shape index (κ3) is 48.7. The number of cyclic esters (lactones) is 2. The van der Waals surface area contributed by atoms with Crippen LogP contribution >= 0.6 is 11.8 Å². The van der Waals surface area contributed by atoms with Gasteiger partial charge < -0.3 is 49.6 Å². The molecule has 25 nitrogen and oxygen atoms in total. The van der Waals surface area contributed by atoms with Crippen molar-refractivity contribution in [2.45, 2.75) is 364 Å². The molecule has 131 heavy (non-hydrogen) atoms. The predicted molar refractivity (Wildman–Crippen MR) is 545 cm³/mol. The molecule has 26 heteroatoms. The molecular weight excluding hydrogens is 1670 g/mol. The average Bonchev–Trinajstić information content (AvgIpc) is 0.960. The highest BCUT2D eigenvalue weighted by atomic mass is 32.2. The van der Waals surface area contributed by atoms with Crippen LogP contribution in [0, 0.1) is 28.6 Å². The zero-order valence-electron chi connectivity index (χ0n) is 89.7. The van der Waals surface area contributed by atoms with Gasteiger partial charge in [-0.15, -0.1) is 11.8 Å². The number of likely N-dealkylation sites (tertiary alicyclic amines) is 6. The minimum Gasteiger partial charge on any atom is -0.481 e. The first-order valence-electron chi connectivity index (χ1n) is 51.3. The first-order chi connectivity index (χ1) is 61.0. The summed E-state index contributed by atoms with van der Waals surface area (Å²) in [5.41, 5.74) is 2.91. The Hall–Kier alpha value is -3.68. The second kappa shape index (κ2) is 58.4. The number of esters is 3. The normalized spacial score (nSPS) is 23.0. The van der Waals surface area contributed by atoms with Gasteiger partial charge in [-0.25, -0.2) is 0 Å². The number of carboxylic acids is 2. The number of rotatable bonds is 18. The Labute approximate surface area is 806 Å². The third-order valence-electron chi connectivity index (χ3n) is 28.5. The van der Waals surface area contributed by atoms with Crippen LogP contribution in [-0.2, 0) is 49.5 Å². The summed E-state index contributed by atoms with van der Waals surface area (Å²) < 4.78 is 20.3. The number of hydrogen-bond acceptors (Lipinski definition) is 24. The minimum atomic E-state index is -0.647. The van der Waals surface area contributed by atoms with Crippen molar-refractivity contribution in [1.82, 2.24) is 69.4 Å². The third-order valence-corrected chi connectivity index (χ3v) is 29.3. The van der Waals surface area contributed by atoms with E-state index in [1.54, 1.807) is 11.8 Å². The molecule has 11 saturated heterocycles. The lowest BCUT2D eigenvalue weighted by Gasteiger charge is -2.45. The van der Waals surface area contributed by atoms with Crippen LogP contribution in [0.5, 0.6) is 0 Å². The van der Waals surface area contributed by atoms with E-state index in [2.05, 4.69) is 292 Å². The Bertz CT molecular complexity index is 3260. The van der Waals surface area contributed by atoms with Crippen LogP contribution in [0.1, 0.15) is 294 Å². The van der Waals surface area contributed by atoms with Crippen LogP contribution in [0.4, 0.5) is 0 Å². The second-order valence-corrected chi connectivity index (χ2v) is 48.3. The topological polar surface area (TPSA) is 226 Å². The van der Waals surface area contributed by atoms with Gasteiger partial charge in [0.05, 0.1) is 51.1 Å². The van der Waals surface area contributed by atoms with E-state index in [0.717, 1.165) is 174 Å². The van der Waals surface area contributed by atoms with E-state index < -0.39 is 17.4 Å². The lowest BCUT2D eigenvalue weighted by Crippen LogP contribution is -2.54. The number of methoxy groups -OCH3 is 1. The molecule has 764 valence electrons. The molecule has 0 aromatic heterocycles. The fourth-order valence-corrected chi connectivity index (χ4v) is 19.3. The molecule has 11 aliphatic heterocycles. The van der Waals surface area contributed by atoms with Crippen LogP contribution in [-0.4, -0.2) is 387 Å². The van der Waals surface area contributed by atoms with Gasteiger partial charge in [0.15, 0.2) is 0 Å². The molecule has 2 atom stereocenters. The molecule has 0 aliphatic carbocycles. The number of piperazine rings is 2. The Morgan fingerprint density at radius 3 is 1.37 bits per heavy atom. The first-order valence-corrected chi connectivity index (χ1v) is 52.5. The van der Waals surface area contributed by atoms with Crippen molar-refractivity contribution in [2.75, 3.05) is 224 Å². The fourth-order valence-electron chi connectivity index (χ4n) is 18.9. The Kier molecular flexibility index (Phi) is 53.3. The van der Waals surface area contributed by atoms with E-state index in [1.807, 2.05) is 6.92 Å². The van der Waals surface area contributed by atoms with Crippen molar-refractivity contribution in [1.29, 1.82) is 0 Å². The number of carboxylic acid groups (broad SMARTS) is 2. The Morgan fingerprint density at radius 1 is 0.542 bits per heavy atom. The highest BCUT2D eigenvalue weighted by Gasteiger charge is 2.41. The molecular formula is C105H202N14O11S. The quantitative estimate of drug-likeness (QED) is 0.0464. The fraction of sp³-hybridized carbons (Fsp3) is 0.895. The van der Waals surface area contributed by atoms with Gasteiger partial charge in [-0.2, -0.15) is 0 Å². The maximum absolute atomic E-state index is 11.1. The molecule has 0 amide bonds. The molecule has 0 saturated carbocycles. The Balaban J connectivity index is 0.000000312. The number of ether oxygens (including phenoxy) is 4. The number of nitrogens with zero attached hydrogens (tertiary/aromatic N) is 12. The number of benzene rings is 1. The van der Waals surface area contributed by atoms with Crippen molar-refractivity contribution < 1.29 is 53.1 Å². The van der Waals surface area contributed by atoms with Crippen LogP contribution in [0.15, 0.2) is 29.2 Å². The average molecular weight is 1870 g/mol. The van der Waals surface area contributed by atoms with Gasteiger partial charge in [0.1, 0.15) is 6.10 Å². The summed E-state index contributed by atoms with van der Waals surface area (Å²) >= 11 is 1.79. The van der Waals surface area contributed by atoms with Crippen LogP contribution in [0.2, 0.25) is 0 Å². The summed E-state index contributed by atoms with van der Waals surface area (Å²) in [4.78, 5) is 86.3. The predicted octanol–water partition coefficient (Wildman–Crippen LogP) is 15.7. The zero-order valence-corrected chi connectivity index (χ0v) is 90.5. The van der Waals surface area contributed by atoms with Gasteiger partial charge >= 0.3 is 29.8 Å². The molecule has 0 radical (unpaired) electrons. The number of thioether (sulfide) groups is 1. The summed E-state index contributed by atoms with van der Waals surface area (Å²) in [6.45, 7) is 88.4. The van der Waals surface area contributed by atoms with Crippen LogP contribution in [0.3, 0.4) is 0 Å². The van der Waals surface area contributed by atoms with Gasteiger partial charge in [-0.1, -0.05) is 53.7 Å². The largest absolute Gasteiger partial charge is 0.481 e. The molecule has 0 bridgehead atoms. The van der Waals surface area contributed by atoms with Crippen molar-refractivity contribution in [3.8, 4) is 0 Å². The zero-order chi connectivity index (χ0) is 98.3. The van der Waals surface area contributed by atoms with Crippen molar-refractivity contribution in [2.24, 2.45) is 28.6 Å². The number of carbonyl (C=O) groups excluding carboxylic acids is 3. The monoisotopic (exact) mass is 1870 g/mol. The molecule has 2 unspecified atom stereocenters. The van der Waals surface area contributed by atoms with E-state index in [4.69, 9.17) is 24.4 Å². The van der Waals surface area contributed by atoms with E-state index in [-0.39, 0.29) is 52.1 Å². The molecule has 0 spiro atoms. The lowest BCUT2D eigenvalue weighted by atomic mass is 9.79. The van der Waals surface area contributed by atoms with Gasteiger partial charge in [0.25, 0.3) is 0 Å². The summed E-state index contributed by atoms with van der Waals surface area (Å²) in [7, 11) is 7.97. The summed E-state index contributed by atoms with van der Waals surface area (Å²) in [5, 5.41) is 24.7. The van der Waals surface area contributed by atoms with Gasteiger partial charge in [-0.05, 0) is 336 Å². The van der Waals surface area contributed by atoms with Crippen LogP contribution in [0.25, 0.3) is 0 Å². The van der Waals surface area contributed by atoms with E-state index in [0.29, 0.717) is 60.5 Å². The number of nitrogens with one attached hydrogen (secondary N) is 2. The molecule has 11 heterocycles. The van der Waals surface area contributed by atoms with Crippen molar-refractivity contribution in [3.05, 3.63) is 29.8 Å². The molecule has 4 N–H and O–H groups in total. The molecule has 12 rings (SSSR count). The number of piperidine rings is 6. The smallest absolute Gasteiger partial charge is 0.309 e. The Morgan fingerprint density at radius 2 is 0.969 bits per heavy atom. The van der Waals surface area contributed by atoms with E-state index in [9.17, 15) is 24.0 Å². The minimum absolute atomic E-state index is 0.0269. The summed E-state index contributed by atoms with van der Waals surface area (Å²) in [6, 6.07) is 11.3. The maximum atomic E-state index is 11.1. The second-order valence-electron chi connectivity index (χ2n) is 47.4. The lowest BCUT2D eigenvalue weighted by molar-refractivity contribution is -0.152. The molecule has 11 fully saturated rings. The highest BCUT2D eigenvalue weighted by molar-refractivity contribution is 7.98. The highest BCUT2D eigenvalue weighted by Crippen LogP contribution is 2.35. The van der Waals surface area contributed by atoms with E-state index in [1.165, 1.54) is 147 Å². The maximum Gasteiger partial charge on any atom is 0.309 e. The van der Waals surface area contributed by atoms with Crippen LogP contribution < -0.4 is 10.6 Å². The van der Waals surface area contributed by atoms with Crippen molar-refractivity contribution >= 4 is 41.6 Å². The number of likely N-dealkylation sites (N-methyl/N-ethyl adjacent to an activating group) is 2. The first kappa shape index (κ1) is 120. The van der Waals surface area contributed by atoms with Crippen molar-refractivity contribution in [3.63, 3.8) is 0 Å². The van der Waals surface area contributed by atoms with Gasteiger partial charge in [-0.3, -0.25) is 73.0 Å². The standard InChI is InChI=1S/C15H28N2O2.C14H29N3.C14H28N2O2.C14H28N2O.C14H23NS.C11H21NO2.C10H19NO2.C9H16N2O2.C4H10/c1-15(2,3)17-9-7-12(8-10-17)16(4)11-13-5-6-14(18)19-13;1-14(2,3)17-7-5-13(6-8-17)16-11-9-15(4)10-12-16;1-14(2,3)16-10-6-12(7-11-16)15(4)9-8-13(17)18-5;1-14(2,3)16-6-4-13(5-7-16)12-15-8-10-17-11-9-15;1-14(2,3)9-10-15-11-12-5-7-13(16-4)8-6-12;1-10(2,3)12-7-5-11(4,6-8-12)9(13)14;1-10(2,3)11-6-4-8(5-7-11)9(12)13;12-9-7-8(1-6-13-9)11-4-2-10-3-5-11;1-4(2)3/h12-13H,5-11H2,1-4H3;13H,5-12H2,1-4H3;12H,6-11H2,1-5H3;13H,4-12H2,1-3H3;5-8,15H,9-11H2,1-4H3;5-8H2,1-4H3,(H,13,14);8H,4-7H2,1-3H3,(H,12,13);8,10H,1-7H2;4H,1-3H3. The molecule has 1 aromatic carbocycles. The molecule has 11 aliphatic rings. The summed E-state index contributed by atoms with van der Waals surface area (Å²) in [5.74, 6) is 0.176. The van der Waals surface area contributed by atoms with Gasteiger partial charge in [0, 0.05) is 200 Å². The number of morpholine rings is 1. The van der Waals surface area contributed by atoms with Gasteiger partial charge in [0.2, 0.25) is 0 Å². The summed E-state index contributed by atoms with van der Waals surface area (Å²) in [6.07, 6.45) is 20.4. The number of hydrogen-bond donors (Lipinski definition) is 4. The van der Waals surface area contributed by atoms with E-state index >= 15 is 0 Å². The number of aliphatic carboxylic acids is 2. The number of carbonyl (C=O) groups is 5.